The van der Waals surface area contributed by atoms with E-state index >= 15 is 0 Å². The number of carbonyl (C=O) groups excluding carboxylic acids is 3. The summed E-state index contributed by atoms with van der Waals surface area (Å²) >= 11 is 1.23. The number of aromatic nitrogens is 1. The van der Waals surface area contributed by atoms with Gasteiger partial charge in [-0.3, -0.25) is 14.4 Å². The van der Waals surface area contributed by atoms with E-state index in [1.165, 1.54) is 23.3 Å². The summed E-state index contributed by atoms with van der Waals surface area (Å²) in [6.07, 6.45) is 0.869. The number of thiazole rings is 1. The summed E-state index contributed by atoms with van der Waals surface area (Å²) in [6, 6.07) is 8.77. The number of benzene rings is 1. The lowest BCUT2D eigenvalue weighted by Crippen LogP contribution is -2.40. The van der Waals surface area contributed by atoms with Crippen LogP contribution in [-0.2, 0) is 25.5 Å². The van der Waals surface area contributed by atoms with Crippen molar-refractivity contribution in [1.82, 2.24) is 15.2 Å². The number of anilines is 1. The molecule has 0 saturated heterocycles. The van der Waals surface area contributed by atoms with Crippen molar-refractivity contribution in [3.63, 3.8) is 0 Å². The van der Waals surface area contributed by atoms with Crippen molar-refractivity contribution >= 4 is 34.2 Å². The molecule has 0 unspecified atom stereocenters. The van der Waals surface area contributed by atoms with Gasteiger partial charge in [-0.25, -0.2) is 4.98 Å². The van der Waals surface area contributed by atoms with Gasteiger partial charge in [-0.15, -0.1) is 11.3 Å². The molecule has 0 aliphatic rings. The molecule has 2 N–H and O–H groups in total. The monoisotopic (exact) mass is 448 g/mol. The topological polar surface area (TPSA) is 110 Å². The summed E-state index contributed by atoms with van der Waals surface area (Å²) in [5.41, 5.74) is 1.07. The molecule has 2 rings (SSSR count). The molecule has 0 spiro atoms. The van der Waals surface area contributed by atoms with Crippen molar-refractivity contribution in [3.05, 3.63) is 47.0 Å². The number of nitrogens with zero attached hydrogens (tertiary/aromatic N) is 2. The van der Waals surface area contributed by atoms with Gasteiger partial charge in [-0.2, -0.15) is 0 Å². The predicted molar refractivity (Wildman–Crippen MR) is 118 cm³/mol. The van der Waals surface area contributed by atoms with Gasteiger partial charge in [-0.05, 0) is 18.6 Å². The van der Waals surface area contributed by atoms with Crippen molar-refractivity contribution in [1.29, 1.82) is 0 Å². The van der Waals surface area contributed by atoms with Crippen LogP contribution in [0.4, 0.5) is 5.13 Å². The summed E-state index contributed by atoms with van der Waals surface area (Å²) in [4.78, 5) is 42.8. The van der Waals surface area contributed by atoms with Crippen LogP contribution in [0.25, 0.3) is 0 Å². The van der Waals surface area contributed by atoms with Crippen LogP contribution >= 0.6 is 11.3 Å². The third kappa shape index (κ3) is 8.83. The van der Waals surface area contributed by atoms with Crippen LogP contribution in [0, 0.1) is 0 Å². The normalized spacial score (nSPS) is 10.5. The minimum absolute atomic E-state index is 0.131. The molecule has 3 amide bonds. The Hall–Kier alpha value is -2.82. The van der Waals surface area contributed by atoms with Crippen LogP contribution in [0.5, 0.6) is 0 Å². The second kappa shape index (κ2) is 13.5. The molecule has 0 bridgehead atoms. The third-order valence-corrected chi connectivity index (χ3v) is 5.00. The van der Waals surface area contributed by atoms with E-state index in [1.807, 2.05) is 6.07 Å². The summed E-state index contributed by atoms with van der Waals surface area (Å²) in [7, 11) is 3.15. The van der Waals surface area contributed by atoms with Crippen molar-refractivity contribution in [2.24, 2.45) is 0 Å². The van der Waals surface area contributed by atoms with Crippen molar-refractivity contribution in [2.75, 3.05) is 52.4 Å². The van der Waals surface area contributed by atoms with Crippen LogP contribution in [0.3, 0.4) is 0 Å². The Kier molecular flexibility index (Phi) is 10.6. The number of rotatable bonds is 13. The number of ether oxygens (including phenoxy) is 2. The van der Waals surface area contributed by atoms with E-state index in [2.05, 4.69) is 15.6 Å². The summed E-state index contributed by atoms with van der Waals surface area (Å²) in [5, 5.41) is 7.59. The highest BCUT2D eigenvalue weighted by Gasteiger charge is 2.19. The molecule has 31 heavy (non-hydrogen) atoms. The molecule has 1 aromatic carbocycles. The van der Waals surface area contributed by atoms with Gasteiger partial charge in [0.15, 0.2) is 5.13 Å². The summed E-state index contributed by atoms with van der Waals surface area (Å²) in [5.74, 6) is -0.762. The Morgan fingerprint density at radius 2 is 1.81 bits per heavy atom. The number of hydrogen-bond acceptors (Lipinski definition) is 7. The maximum Gasteiger partial charge on any atom is 0.254 e. The fourth-order valence-corrected chi connectivity index (χ4v) is 3.39. The molecular weight excluding hydrogens is 420 g/mol. The van der Waals surface area contributed by atoms with Gasteiger partial charge in [0.25, 0.3) is 5.91 Å². The Balaban J connectivity index is 1.88. The zero-order valence-corrected chi connectivity index (χ0v) is 18.6. The third-order valence-electron chi connectivity index (χ3n) is 4.19. The van der Waals surface area contributed by atoms with E-state index in [-0.39, 0.29) is 37.2 Å². The van der Waals surface area contributed by atoms with E-state index in [0.29, 0.717) is 36.1 Å². The van der Waals surface area contributed by atoms with Crippen molar-refractivity contribution in [3.8, 4) is 0 Å². The molecule has 1 aromatic heterocycles. The van der Waals surface area contributed by atoms with Gasteiger partial charge in [0, 0.05) is 44.9 Å². The molecule has 0 saturated carbocycles. The first-order valence-electron chi connectivity index (χ1n) is 9.86. The molecule has 0 fully saturated rings. The number of carbonyl (C=O) groups is 3. The molecule has 9 nitrogen and oxygen atoms in total. The quantitative estimate of drug-likeness (QED) is 0.450. The van der Waals surface area contributed by atoms with E-state index in [1.54, 1.807) is 36.8 Å². The van der Waals surface area contributed by atoms with Gasteiger partial charge in [-0.1, -0.05) is 18.2 Å². The zero-order chi connectivity index (χ0) is 22.5. The molecule has 10 heteroatoms. The van der Waals surface area contributed by atoms with Gasteiger partial charge in [0.05, 0.1) is 18.7 Å². The number of nitrogens with one attached hydrogen (secondary N) is 2. The lowest BCUT2D eigenvalue weighted by molar-refractivity contribution is -0.120. The van der Waals surface area contributed by atoms with Gasteiger partial charge >= 0.3 is 0 Å². The average Bonchev–Trinajstić information content (AvgIpc) is 3.20. The number of methoxy groups -OCH3 is 2. The molecule has 1 heterocycles. The SMILES string of the molecule is COCCCNC(=O)Cc1csc(NC(=O)CN(CCOC)C(=O)c2ccccc2)n1. The Bertz CT molecular complexity index is 843. The predicted octanol–water partition coefficient (Wildman–Crippen LogP) is 1.57. The highest BCUT2D eigenvalue weighted by Crippen LogP contribution is 2.16. The maximum absolute atomic E-state index is 12.7. The fraction of sp³-hybridized carbons (Fsp3) is 0.429. The first kappa shape index (κ1) is 24.4. The minimum atomic E-state index is -0.370. The minimum Gasteiger partial charge on any atom is -0.385 e. The number of hydrogen-bond donors (Lipinski definition) is 2. The van der Waals surface area contributed by atoms with Crippen LogP contribution in [0.2, 0.25) is 0 Å². The molecule has 0 atom stereocenters. The molecule has 0 aliphatic carbocycles. The van der Waals surface area contributed by atoms with E-state index in [9.17, 15) is 14.4 Å². The fourth-order valence-electron chi connectivity index (χ4n) is 2.67. The van der Waals surface area contributed by atoms with E-state index in [4.69, 9.17) is 9.47 Å². The second-order valence-electron chi connectivity index (χ2n) is 6.65. The summed E-state index contributed by atoms with van der Waals surface area (Å²) < 4.78 is 10.00. The Labute approximate surface area is 185 Å². The van der Waals surface area contributed by atoms with Crippen LogP contribution in [0.15, 0.2) is 35.7 Å². The van der Waals surface area contributed by atoms with Crippen LogP contribution in [0.1, 0.15) is 22.5 Å². The van der Waals surface area contributed by atoms with Gasteiger partial charge in [0.2, 0.25) is 11.8 Å². The number of amides is 3. The molecule has 0 aliphatic heterocycles. The first-order chi connectivity index (χ1) is 15.0. The Morgan fingerprint density at radius 1 is 1.06 bits per heavy atom. The molecule has 168 valence electrons. The lowest BCUT2D eigenvalue weighted by atomic mass is 10.2. The van der Waals surface area contributed by atoms with Crippen LogP contribution in [-0.4, -0.2) is 74.7 Å². The van der Waals surface area contributed by atoms with Gasteiger partial charge < -0.3 is 25.0 Å². The highest BCUT2D eigenvalue weighted by molar-refractivity contribution is 7.13. The maximum atomic E-state index is 12.7. The molecule has 0 radical (unpaired) electrons. The smallest absolute Gasteiger partial charge is 0.254 e. The molecular formula is C21H28N4O5S. The second-order valence-corrected chi connectivity index (χ2v) is 7.51. The molecule has 2 aromatic rings. The zero-order valence-electron chi connectivity index (χ0n) is 17.8. The Morgan fingerprint density at radius 3 is 2.52 bits per heavy atom. The largest absolute Gasteiger partial charge is 0.385 e. The average molecular weight is 449 g/mol. The van der Waals surface area contributed by atoms with Crippen molar-refractivity contribution < 1.29 is 23.9 Å². The van der Waals surface area contributed by atoms with Crippen LogP contribution < -0.4 is 10.6 Å². The van der Waals surface area contributed by atoms with E-state index in [0.717, 1.165) is 6.42 Å². The lowest BCUT2D eigenvalue weighted by Gasteiger charge is -2.21. The van der Waals surface area contributed by atoms with Gasteiger partial charge in [0.1, 0.15) is 6.54 Å². The van der Waals surface area contributed by atoms with E-state index < -0.39 is 0 Å². The highest BCUT2D eigenvalue weighted by atomic mass is 32.1. The van der Waals surface area contributed by atoms with Crippen molar-refractivity contribution in [2.45, 2.75) is 12.8 Å². The summed E-state index contributed by atoms with van der Waals surface area (Å²) in [6.45, 7) is 1.58. The standard InChI is InChI=1S/C21H28N4O5S/c1-29-11-6-9-22-18(26)13-17-15-31-21(23-17)24-19(27)14-25(10-12-30-2)20(28)16-7-4-3-5-8-16/h3-5,7-8,15H,6,9-14H2,1-2H3,(H,22,26)(H,23,24,27). The first-order valence-corrected chi connectivity index (χ1v) is 10.7.